The zero-order valence-corrected chi connectivity index (χ0v) is 9.52. The van der Waals surface area contributed by atoms with Crippen LogP contribution in [0.1, 0.15) is 34.6 Å². The predicted octanol–water partition coefficient (Wildman–Crippen LogP) is 1.62. The third kappa shape index (κ3) is 7.94. The number of hydrogen-bond donors (Lipinski definition) is 1. The van der Waals surface area contributed by atoms with Crippen LogP contribution >= 0.6 is 0 Å². The van der Waals surface area contributed by atoms with Gasteiger partial charge in [0.1, 0.15) is 6.10 Å². The lowest BCUT2D eigenvalue weighted by Gasteiger charge is -2.20. The summed E-state index contributed by atoms with van der Waals surface area (Å²) in [6, 6.07) is 0. The van der Waals surface area contributed by atoms with Gasteiger partial charge in [0.2, 0.25) is 0 Å². The number of carbonyl (C=O) groups is 1. The SMILES string of the molecule is CC.CC.CC(=O)C1CNCCO1. The number of hydrogen-bond acceptors (Lipinski definition) is 3. The highest BCUT2D eigenvalue weighted by molar-refractivity contribution is 5.80. The van der Waals surface area contributed by atoms with Gasteiger partial charge >= 0.3 is 0 Å². The lowest BCUT2D eigenvalue weighted by atomic mass is 10.2. The fourth-order valence-electron chi connectivity index (χ4n) is 0.827. The first-order valence-corrected chi connectivity index (χ1v) is 5.13. The van der Waals surface area contributed by atoms with Gasteiger partial charge < -0.3 is 10.1 Å². The maximum absolute atomic E-state index is 10.6. The first-order chi connectivity index (χ1) is 6.30. The second-order valence-electron chi connectivity index (χ2n) is 2.17. The summed E-state index contributed by atoms with van der Waals surface area (Å²) in [5.41, 5.74) is 0. The Bertz CT molecular complexity index is 109. The Morgan fingerprint density at radius 3 is 2.08 bits per heavy atom. The van der Waals surface area contributed by atoms with E-state index in [0.717, 1.165) is 6.54 Å². The fourth-order valence-corrected chi connectivity index (χ4v) is 0.827. The highest BCUT2D eigenvalue weighted by Gasteiger charge is 2.16. The van der Waals surface area contributed by atoms with Gasteiger partial charge in [-0.25, -0.2) is 0 Å². The molecular formula is C10H23NO2. The summed E-state index contributed by atoms with van der Waals surface area (Å²) < 4.78 is 5.13. The highest BCUT2D eigenvalue weighted by Crippen LogP contribution is 1.95. The first kappa shape index (κ1) is 15.1. The number of ketones is 1. The summed E-state index contributed by atoms with van der Waals surface area (Å²) in [7, 11) is 0. The van der Waals surface area contributed by atoms with E-state index in [1.807, 2.05) is 27.7 Å². The van der Waals surface area contributed by atoms with Crippen molar-refractivity contribution in [3.8, 4) is 0 Å². The van der Waals surface area contributed by atoms with Crippen LogP contribution in [0.15, 0.2) is 0 Å². The molecule has 0 radical (unpaired) electrons. The Balaban J connectivity index is 0. The number of morpholine rings is 1. The minimum atomic E-state index is -0.196. The number of carbonyl (C=O) groups excluding carboxylic acids is 1. The molecule has 3 nitrogen and oxygen atoms in total. The average molecular weight is 189 g/mol. The summed E-state index contributed by atoms with van der Waals surface area (Å²) in [6.07, 6.45) is -0.196. The second-order valence-corrected chi connectivity index (χ2v) is 2.17. The Morgan fingerprint density at radius 1 is 1.31 bits per heavy atom. The molecule has 0 aromatic carbocycles. The third-order valence-electron chi connectivity index (χ3n) is 1.38. The van der Waals surface area contributed by atoms with Crippen molar-refractivity contribution >= 4 is 5.78 Å². The molecular weight excluding hydrogens is 166 g/mol. The van der Waals surface area contributed by atoms with E-state index in [1.165, 1.54) is 0 Å². The van der Waals surface area contributed by atoms with Crippen molar-refractivity contribution < 1.29 is 9.53 Å². The summed E-state index contributed by atoms with van der Waals surface area (Å²) in [6.45, 7) is 11.8. The zero-order chi connectivity index (χ0) is 10.7. The molecule has 0 aliphatic carbocycles. The Kier molecular flexibility index (Phi) is 13.4. The van der Waals surface area contributed by atoms with E-state index in [2.05, 4.69) is 5.32 Å². The molecule has 80 valence electrons. The third-order valence-corrected chi connectivity index (χ3v) is 1.38. The number of Topliss-reactive ketones (excluding diaryl/α,β-unsaturated/α-hetero) is 1. The summed E-state index contributed by atoms with van der Waals surface area (Å²) in [5.74, 6) is 0.113. The Hall–Kier alpha value is -0.410. The van der Waals surface area contributed by atoms with Gasteiger partial charge in [-0.15, -0.1) is 0 Å². The van der Waals surface area contributed by atoms with Gasteiger partial charge in [-0.3, -0.25) is 4.79 Å². The molecule has 1 unspecified atom stereocenters. The second kappa shape index (κ2) is 11.6. The van der Waals surface area contributed by atoms with Crippen molar-refractivity contribution in [1.29, 1.82) is 0 Å². The number of rotatable bonds is 1. The summed E-state index contributed by atoms with van der Waals surface area (Å²) in [5, 5.41) is 3.07. The topological polar surface area (TPSA) is 38.3 Å². The molecule has 3 heteroatoms. The molecule has 0 aromatic rings. The van der Waals surface area contributed by atoms with Crippen LogP contribution in [0.2, 0.25) is 0 Å². The minimum absolute atomic E-state index is 0.113. The van der Waals surface area contributed by atoms with Crippen LogP contribution in [-0.2, 0) is 9.53 Å². The van der Waals surface area contributed by atoms with Crippen molar-refractivity contribution in [1.82, 2.24) is 5.32 Å². The lowest BCUT2D eigenvalue weighted by molar-refractivity contribution is -0.129. The highest BCUT2D eigenvalue weighted by atomic mass is 16.5. The van der Waals surface area contributed by atoms with E-state index in [4.69, 9.17) is 4.74 Å². The van der Waals surface area contributed by atoms with Crippen molar-refractivity contribution in [2.75, 3.05) is 19.7 Å². The van der Waals surface area contributed by atoms with Crippen LogP contribution in [0, 0.1) is 0 Å². The number of ether oxygens (including phenoxy) is 1. The van der Waals surface area contributed by atoms with Gasteiger partial charge in [-0.2, -0.15) is 0 Å². The molecule has 1 saturated heterocycles. The van der Waals surface area contributed by atoms with Gasteiger partial charge in [0.15, 0.2) is 5.78 Å². The van der Waals surface area contributed by atoms with E-state index in [-0.39, 0.29) is 11.9 Å². The molecule has 0 bridgehead atoms. The molecule has 1 heterocycles. The van der Waals surface area contributed by atoms with Gasteiger partial charge in [-0.05, 0) is 6.92 Å². The van der Waals surface area contributed by atoms with Crippen LogP contribution in [0.4, 0.5) is 0 Å². The normalized spacial score (nSPS) is 20.2. The molecule has 1 aliphatic heterocycles. The molecule has 0 saturated carbocycles. The zero-order valence-electron chi connectivity index (χ0n) is 9.52. The van der Waals surface area contributed by atoms with Crippen LogP contribution < -0.4 is 5.32 Å². The molecule has 0 aromatic heterocycles. The van der Waals surface area contributed by atoms with E-state index in [1.54, 1.807) is 6.92 Å². The molecule has 0 amide bonds. The smallest absolute Gasteiger partial charge is 0.159 e. The largest absolute Gasteiger partial charge is 0.368 e. The lowest BCUT2D eigenvalue weighted by Crippen LogP contribution is -2.42. The molecule has 1 N–H and O–H groups in total. The number of nitrogens with one attached hydrogen (secondary N) is 1. The van der Waals surface area contributed by atoms with Crippen molar-refractivity contribution in [3.05, 3.63) is 0 Å². The van der Waals surface area contributed by atoms with E-state index >= 15 is 0 Å². The molecule has 1 fully saturated rings. The van der Waals surface area contributed by atoms with Gasteiger partial charge in [-0.1, -0.05) is 27.7 Å². The van der Waals surface area contributed by atoms with Gasteiger partial charge in [0.05, 0.1) is 6.61 Å². The standard InChI is InChI=1S/C6H11NO2.2C2H6/c1-5(8)6-4-7-2-3-9-6;2*1-2/h6-7H,2-4H2,1H3;2*1-2H3. The molecule has 1 atom stereocenters. The predicted molar refractivity (Wildman–Crippen MR) is 56.0 cm³/mol. The average Bonchev–Trinajstić information content (AvgIpc) is 2.25. The van der Waals surface area contributed by atoms with Crippen molar-refractivity contribution in [2.45, 2.75) is 40.7 Å². The maximum atomic E-state index is 10.6. The van der Waals surface area contributed by atoms with Crippen LogP contribution in [0.5, 0.6) is 0 Å². The maximum Gasteiger partial charge on any atom is 0.159 e. The van der Waals surface area contributed by atoms with Crippen molar-refractivity contribution in [3.63, 3.8) is 0 Å². The molecule has 1 rings (SSSR count). The van der Waals surface area contributed by atoms with Crippen LogP contribution in [0.3, 0.4) is 0 Å². The van der Waals surface area contributed by atoms with Gasteiger partial charge in [0.25, 0.3) is 0 Å². The quantitative estimate of drug-likeness (QED) is 0.681. The minimum Gasteiger partial charge on any atom is -0.368 e. The Labute approximate surface area is 81.9 Å². The molecule has 13 heavy (non-hydrogen) atoms. The summed E-state index contributed by atoms with van der Waals surface area (Å²) in [4.78, 5) is 10.6. The first-order valence-electron chi connectivity index (χ1n) is 5.13. The van der Waals surface area contributed by atoms with Crippen molar-refractivity contribution in [2.24, 2.45) is 0 Å². The van der Waals surface area contributed by atoms with Crippen LogP contribution in [0.25, 0.3) is 0 Å². The van der Waals surface area contributed by atoms with E-state index in [9.17, 15) is 4.79 Å². The molecule has 0 spiro atoms. The van der Waals surface area contributed by atoms with Gasteiger partial charge in [0, 0.05) is 13.1 Å². The monoisotopic (exact) mass is 189 g/mol. The van der Waals surface area contributed by atoms with E-state index < -0.39 is 0 Å². The molecule has 1 aliphatic rings. The summed E-state index contributed by atoms with van der Waals surface area (Å²) >= 11 is 0. The van der Waals surface area contributed by atoms with E-state index in [0.29, 0.717) is 13.2 Å². The Morgan fingerprint density at radius 2 is 1.85 bits per heavy atom. The van der Waals surface area contributed by atoms with Crippen LogP contribution in [-0.4, -0.2) is 31.6 Å². The fraction of sp³-hybridized carbons (Fsp3) is 0.900.